The number of nitrogens with zero attached hydrogens (tertiary/aromatic N) is 1. The van der Waals surface area contributed by atoms with Gasteiger partial charge in [0.05, 0.1) is 0 Å². The number of fused-ring (bicyclic) bond motifs is 1. The summed E-state index contributed by atoms with van der Waals surface area (Å²) in [5.41, 5.74) is 0.945. The predicted octanol–water partition coefficient (Wildman–Crippen LogP) is 3.10. The van der Waals surface area contributed by atoms with E-state index in [9.17, 15) is 18.3 Å². The highest BCUT2D eigenvalue weighted by atomic mass is 19.3. The van der Waals surface area contributed by atoms with Gasteiger partial charge in [-0.05, 0) is 31.4 Å². The van der Waals surface area contributed by atoms with E-state index in [2.05, 4.69) is 0 Å². The quantitative estimate of drug-likeness (QED) is 0.809. The second kappa shape index (κ2) is 4.13. The van der Waals surface area contributed by atoms with Crippen molar-refractivity contribution in [1.82, 2.24) is 0 Å². The Hall–Kier alpha value is -1.39. The normalized spacial score (nSPS) is 17.8. The third-order valence-electron chi connectivity index (χ3n) is 3.03. The van der Waals surface area contributed by atoms with Crippen LogP contribution in [0.1, 0.15) is 18.9 Å². The highest BCUT2D eigenvalue weighted by Crippen LogP contribution is 2.38. The van der Waals surface area contributed by atoms with E-state index in [-0.39, 0.29) is 18.0 Å². The van der Waals surface area contributed by atoms with Gasteiger partial charge in [-0.2, -0.15) is 8.78 Å². The molecule has 0 radical (unpaired) electrons. The van der Waals surface area contributed by atoms with Crippen LogP contribution in [0.4, 0.5) is 18.9 Å². The van der Waals surface area contributed by atoms with Gasteiger partial charge in [-0.3, -0.25) is 0 Å². The predicted molar refractivity (Wildman–Crippen MR) is 59.3 cm³/mol. The molecule has 0 bridgehead atoms. The van der Waals surface area contributed by atoms with Crippen LogP contribution in [0.2, 0.25) is 0 Å². The zero-order valence-corrected chi connectivity index (χ0v) is 9.46. The minimum Gasteiger partial charge on any atom is -0.508 e. The molecular formula is C12H14F3NO. The topological polar surface area (TPSA) is 23.5 Å². The smallest absolute Gasteiger partial charge is 0.356 e. The van der Waals surface area contributed by atoms with Crippen LogP contribution in [0, 0.1) is 0 Å². The molecule has 0 aromatic heterocycles. The molecule has 0 fully saturated rings. The van der Waals surface area contributed by atoms with Crippen LogP contribution in [0.15, 0.2) is 18.2 Å². The molecule has 0 spiro atoms. The SMILES string of the molecule is CC(F)C(F)(F)N1CCCc2ccc(O)cc21. The molecule has 1 atom stereocenters. The first-order valence-corrected chi connectivity index (χ1v) is 5.54. The molecule has 0 aliphatic carbocycles. The lowest BCUT2D eigenvalue weighted by molar-refractivity contribution is -0.0673. The Morgan fingerprint density at radius 2 is 2.12 bits per heavy atom. The molecule has 2 rings (SSSR count). The van der Waals surface area contributed by atoms with Crippen LogP contribution in [0.3, 0.4) is 0 Å². The third-order valence-corrected chi connectivity index (χ3v) is 3.03. The third kappa shape index (κ3) is 2.06. The van der Waals surface area contributed by atoms with Crippen molar-refractivity contribution in [2.24, 2.45) is 0 Å². The van der Waals surface area contributed by atoms with E-state index < -0.39 is 12.2 Å². The minimum atomic E-state index is -3.54. The number of hydrogen-bond acceptors (Lipinski definition) is 2. The van der Waals surface area contributed by atoms with E-state index in [1.54, 1.807) is 6.07 Å². The van der Waals surface area contributed by atoms with Gasteiger partial charge in [0.15, 0.2) is 6.17 Å². The Kier molecular flexibility index (Phi) is 2.93. The van der Waals surface area contributed by atoms with Crippen LogP contribution in [-0.4, -0.2) is 23.9 Å². The van der Waals surface area contributed by atoms with E-state index >= 15 is 0 Å². The molecule has 1 heterocycles. The zero-order chi connectivity index (χ0) is 12.6. The number of anilines is 1. The first-order chi connectivity index (χ1) is 7.93. The zero-order valence-electron chi connectivity index (χ0n) is 9.46. The number of alkyl halides is 3. The van der Waals surface area contributed by atoms with Gasteiger partial charge in [-0.1, -0.05) is 6.07 Å². The van der Waals surface area contributed by atoms with E-state index in [0.29, 0.717) is 12.8 Å². The van der Waals surface area contributed by atoms with Gasteiger partial charge in [-0.25, -0.2) is 4.39 Å². The van der Waals surface area contributed by atoms with Gasteiger partial charge in [0.25, 0.3) is 0 Å². The van der Waals surface area contributed by atoms with Crippen molar-refractivity contribution in [2.45, 2.75) is 32.0 Å². The average Bonchev–Trinajstić information content (AvgIpc) is 2.27. The summed E-state index contributed by atoms with van der Waals surface area (Å²) in [5.74, 6) is -0.0852. The van der Waals surface area contributed by atoms with Crippen LogP contribution >= 0.6 is 0 Å². The Morgan fingerprint density at radius 3 is 2.76 bits per heavy atom. The molecule has 1 aliphatic rings. The number of aromatic hydroxyl groups is 1. The molecule has 0 amide bonds. The first-order valence-electron chi connectivity index (χ1n) is 5.54. The monoisotopic (exact) mass is 245 g/mol. The number of halogens is 3. The lowest BCUT2D eigenvalue weighted by Gasteiger charge is -2.38. The van der Waals surface area contributed by atoms with Crippen LogP contribution in [0.5, 0.6) is 5.75 Å². The van der Waals surface area contributed by atoms with Gasteiger partial charge in [0.2, 0.25) is 0 Å². The Balaban J connectivity index is 2.44. The molecule has 17 heavy (non-hydrogen) atoms. The highest BCUT2D eigenvalue weighted by molar-refractivity contribution is 5.59. The van der Waals surface area contributed by atoms with Crippen molar-refractivity contribution in [3.8, 4) is 5.75 Å². The van der Waals surface area contributed by atoms with Crippen molar-refractivity contribution in [1.29, 1.82) is 0 Å². The molecular weight excluding hydrogens is 231 g/mol. The first kappa shape index (κ1) is 12.1. The molecule has 2 nitrogen and oxygen atoms in total. The van der Waals surface area contributed by atoms with Crippen molar-refractivity contribution in [2.75, 3.05) is 11.4 Å². The Labute approximate surface area is 97.7 Å². The summed E-state index contributed by atoms with van der Waals surface area (Å²) in [5, 5.41) is 9.35. The van der Waals surface area contributed by atoms with Crippen molar-refractivity contribution >= 4 is 5.69 Å². The minimum absolute atomic E-state index is 0.0852. The molecule has 1 aromatic rings. The summed E-state index contributed by atoms with van der Waals surface area (Å²) in [4.78, 5) is 0.746. The lowest BCUT2D eigenvalue weighted by atomic mass is 10.0. The fraction of sp³-hybridized carbons (Fsp3) is 0.500. The van der Waals surface area contributed by atoms with E-state index in [0.717, 1.165) is 17.4 Å². The second-order valence-corrected chi connectivity index (χ2v) is 4.27. The van der Waals surface area contributed by atoms with Gasteiger partial charge in [0, 0.05) is 18.3 Å². The van der Waals surface area contributed by atoms with E-state index in [1.165, 1.54) is 12.1 Å². The number of phenols is 1. The molecule has 0 saturated heterocycles. The standard InChI is InChI=1S/C12H14F3NO/c1-8(13)12(14,15)16-6-2-3-9-4-5-10(17)7-11(9)16/h4-5,7-8,17H,2-3,6H2,1H3. The Morgan fingerprint density at radius 1 is 1.41 bits per heavy atom. The second-order valence-electron chi connectivity index (χ2n) is 4.27. The summed E-state index contributed by atoms with van der Waals surface area (Å²) in [6, 6.07) is 0.795. The summed E-state index contributed by atoms with van der Waals surface area (Å²) in [6.45, 7) is 0.939. The van der Waals surface area contributed by atoms with Crippen LogP contribution < -0.4 is 4.90 Å². The van der Waals surface area contributed by atoms with Gasteiger partial charge < -0.3 is 10.0 Å². The van der Waals surface area contributed by atoms with Crippen molar-refractivity contribution < 1.29 is 18.3 Å². The molecule has 1 aliphatic heterocycles. The maximum Gasteiger partial charge on any atom is 0.356 e. The van der Waals surface area contributed by atoms with Gasteiger partial charge in [0.1, 0.15) is 5.75 Å². The fourth-order valence-corrected chi connectivity index (χ4v) is 2.09. The number of aryl methyl sites for hydroxylation is 1. The molecule has 0 saturated carbocycles. The molecule has 1 N–H and O–H groups in total. The van der Waals surface area contributed by atoms with Crippen LogP contribution in [0.25, 0.3) is 0 Å². The van der Waals surface area contributed by atoms with E-state index in [4.69, 9.17) is 0 Å². The summed E-state index contributed by atoms with van der Waals surface area (Å²) < 4.78 is 40.4. The van der Waals surface area contributed by atoms with Crippen molar-refractivity contribution in [3.63, 3.8) is 0 Å². The summed E-state index contributed by atoms with van der Waals surface area (Å²) in [7, 11) is 0. The number of phenolic OH excluding ortho intramolecular Hbond substituents is 1. The lowest BCUT2D eigenvalue weighted by Crippen LogP contribution is -2.50. The van der Waals surface area contributed by atoms with Crippen LogP contribution in [-0.2, 0) is 6.42 Å². The molecule has 5 heteroatoms. The maximum atomic E-state index is 13.7. The molecule has 1 aromatic carbocycles. The Bertz CT molecular complexity index is 420. The average molecular weight is 245 g/mol. The van der Waals surface area contributed by atoms with Crippen molar-refractivity contribution in [3.05, 3.63) is 23.8 Å². The van der Waals surface area contributed by atoms with E-state index in [1.807, 2.05) is 0 Å². The maximum absolute atomic E-state index is 13.7. The largest absolute Gasteiger partial charge is 0.508 e. The molecule has 1 unspecified atom stereocenters. The highest BCUT2D eigenvalue weighted by Gasteiger charge is 2.45. The number of rotatable bonds is 2. The van der Waals surface area contributed by atoms with Gasteiger partial charge in [-0.15, -0.1) is 0 Å². The summed E-state index contributed by atoms with van der Waals surface area (Å²) in [6.07, 6.45) is -1.03. The summed E-state index contributed by atoms with van der Waals surface area (Å²) >= 11 is 0. The molecule has 94 valence electrons. The number of benzene rings is 1. The number of hydrogen-bond donors (Lipinski definition) is 1. The fourth-order valence-electron chi connectivity index (χ4n) is 2.09. The van der Waals surface area contributed by atoms with Gasteiger partial charge >= 0.3 is 6.05 Å².